The number of nitrogens with zero attached hydrogens (tertiary/aromatic N) is 2. The minimum atomic E-state index is -0.483. The molecule has 2 nitrogen and oxygen atoms in total. The lowest BCUT2D eigenvalue weighted by Gasteiger charge is -2.25. The van der Waals surface area contributed by atoms with E-state index in [1.54, 1.807) is 0 Å². The first-order valence-electron chi connectivity index (χ1n) is 9.77. The van der Waals surface area contributed by atoms with Crippen molar-refractivity contribution in [2.24, 2.45) is 5.92 Å². The number of rotatable bonds is 8. The molecule has 0 saturated carbocycles. The Morgan fingerprint density at radius 1 is 0.929 bits per heavy atom. The summed E-state index contributed by atoms with van der Waals surface area (Å²) in [5.41, 5.74) is 3.76. The highest BCUT2D eigenvalue weighted by Crippen LogP contribution is 2.19. The summed E-state index contributed by atoms with van der Waals surface area (Å²) in [5.74, 6) is -0.567. The van der Waals surface area contributed by atoms with Gasteiger partial charge < -0.3 is 4.57 Å². The average molecular weight is 382 g/mol. The molecule has 0 aliphatic heterocycles. The van der Waals surface area contributed by atoms with Gasteiger partial charge in [-0.2, -0.15) is 0 Å². The molecule has 0 spiro atoms. The minimum absolute atomic E-state index is 0.139. The molecule has 0 fully saturated rings. The molecule has 3 aromatic rings. The first-order chi connectivity index (χ1) is 13.4. The Bertz CT molecular complexity index is 894. The number of hydrogen-bond donors (Lipinski definition) is 0. The van der Waals surface area contributed by atoms with Gasteiger partial charge in [0.1, 0.15) is 11.6 Å². The summed E-state index contributed by atoms with van der Waals surface area (Å²) in [6, 6.07) is 16.6. The van der Waals surface area contributed by atoms with Gasteiger partial charge in [0, 0.05) is 43.6 Å². The zero-order valence-corrected chi connectivity index (χ0v) is 16.8. The number of aryl methyl sites for hydroxylation is 1. The number of aromatic nitrogens is 1. The Morgan fingerprint density at radius 2 is 1.64 bits per heavy atom. The highest BCUT2D eigenvalue weighted by molar-refractivity contribution is 5.24. The van der Waals surface area contributed by atoms with Gasteiger partial charge in [0.15, 0.2) is 0 Å². The van der Waals surface area contributed by atoms with E-state index in [0.717, 1.165) is 18.8 Å². The lowest BCUT2D eigenvalue weighted by atomic mass is 10.1. The van der Waals surface area contributed by atoms with Crippen LogP contribution in [0.1, 0.15) is 36.2 Å². The lowest BCUT2D eigenvalue weighted by Crippen LogP contribution is -2.29. The molecule has 0 aliphatic carbocycles. The van der Waals surface area contributed by atoms with Gasteiger partial charge in [-0.1, -0.05) is 49.7 Å². The molecule has 28 heavy (non-hydrogen) atoms. The third-order valence-electron chi connectivity index (χ3n) is 4.81. The number of hydrogen-bond acceptors (Lipinski definition) is 1. The van der Waals surface area contributed by atoms with E-state index in [0.29, 0.717) is 12.5 Å². The van der Waals surface area contributed by atoms with Crippen LogP contribution in [0.5, 0.6) is 0 Å². The normalized spacial score (nSPS) is 11.5. The van der Waals surface area contributed by atoms with Gasteiger partial charge >= 0.3 is 0 Å². The molecule has 0 unspecified atom stereocenters. The average Bonchev–Trinajstić information content (AvgIpc) is 3.04. The van der Waals surface area contributed by atoms with Gasteiger partial charge in [-0.3, -0.25) is 4.90 Å². The molecular formula is C24H28F2N2. The van der Waals surface area contributed by atoms with Gasteiger partial charge in [-0.15, -0.1) is 0 Å². The summed E-state index contributed by atoms with van der Waals surface area (Å²) in [5, 5.41) is 0. The van der Waals surface area contributed by atoms with Crippen LogP contribution in [0, 0.1) is 24.5 Å². The number of benzene rings is 2. The smallest absolute Gasteiger partial charge is 0.130 e. The fourth-order valence-electron chi connectivity index (χ4n) is 3.59. The highest BCUT2D eigenvalue weighted by atomic mass is 19.1. The Morgan fingerprint density at radius 3 is 2.32 bits per heavy atom. The van der Waals surface area contributed by atoms with Crippen LogP contribution in [0.25, 0.3) is 0 Å². The molecule has 0 N–H and O–H groups in total. The summed E-state index contributed by atoms with van der Waals surface area (Å²) in [4.78, 5) is 2.12. The van der Waals surface area contributed by atoms with Crippen molar-refractivity contribution in [3.05, 3.63) is 94.8 Å². The van der Waals surface area contributed by atoms with E-state index in [1.807, 2.05) is 6.07 Å². The molecule has 0 atom stereocenters. The molecule has 1 heterocycles. The molecular weight excluding hydrogens is 354 g/mol. The standard InChI is InChI=1S/C24H28F2N2/c1-18(2)14-27(17-22-23(25)10-5-11-24(22)26)16-21-9-6-12-28(21)15-20-8-4-7-19(3)13-20/h4-13,18H,14-17H2,1-3H3. The van der Waals surface area contributed by atoms with Gasteiger partial charge in [-0.25, -0.2) is 8.78 Å². The van der Waals surface area contributed by atoms with Crippen LogP contribution in [0.4, 0.5) is 8.78 Å². The van der Waals surface area contributed by atoms with E-state index >= 15 is 0 Å². The molecule has 148 valence electrons. The lowest BCUT2D eigenvalue weighted by molar-refractivity contribution is 0.216. The van der Waals surface area contributed by atoms with Crippen molar-refractivity contribution < 1.29 is 8.78 Å². The topological polar surface area (TPSA) is 8.17 Å². The maximum atomic E-state index is 14.2. The second-order valence-corrected chi connectivity index (χ2v) is 7.88. The molecule has 2 aromatic carbocycles. The van der Waals surface area contributed by atoms with Gasteiger partial charge in [0.25, 0.3) is 0 Å². The van der Waals surface area contributed by atoms with E-state index in [9.17, 15) is 8.78 Å². The van der Waals surface area contributed by atoms with Crippen LogP contribution in [-0.4, -0.2) is 16.0 Å². The van der Waals surface area contributed by atoms with Crippen LogP contribution < -0.4 is 0 Å². The zero-order chi connectivity index (χ0) is 20.1. The molecule has 0 radical (unpaired) electrons. The van der Waals surface area contributed by atoms with Gasteiger partial charge in [-0.05, 0) is 42.7 Å². The maximum Gasteiger partial charge on any atom is 0.130 e. The second kappa shape index (κ2) is 9.16. The largest absolute Gasteiger partial charge is 0.346 e. The van der Waals surface area contributed by atoms with Crippen molar-refractivity contribution in [3.63, 3.8) is 0 Å². The molecule has 0 bridgehead atoms. The van der Waals surface area contributed by atoms with E-state index in [4.69, 9.17) is 0 Å². The Kier molecular flexibility index (Phi) is 6.63. The molecule has 0 aliphatic rings. The maximum absolute atomic E-state index is 14.2. The van der Waals surface area contributed by atoms with E-state index in [2.05, 4.69) is 66.8 Å². The van der Waals surface area contributed by atoms with Crippen LogP contribution in [0.15, 0.2) is 60.8 Å². The quantitative estimate of drug-likeness (QED) is 0.479. The van der Waals surface area contributed by atoms with E-state index < -0.39 is 11.6 Å². The van der Waals surface area contributed by atoms with Crippen LogP contribution >= 0.6 is 0 Å². The van der Waals surface area contributed by atoms with E-state index in [-0.39, 0.29) is 12.1 Å². The molecule has 4 heteroatoms. The summed E-state index contributed by atoms with van der Waals surface area (Å²) in [7, 11) is 0. The van der Waals surface area contributed by atoms with Crippen molar-refractivity contribution in [2.75, 3.05) is 6.54 Å². The Labute approximate surface area is 166 Å². The Balaban J connectivity index is 1.79. The predicted octanol–water partition coefficient (Wildman–Crippen LogP) is 5.78. The fourth-order valence-corrected chi connectivity index (χ4v) is 3.59. The summed E-state index contributed by atoms with van der Waals surface area (Å²) < 4.78 is 30.5. The molecule has 1 aromatic heterocycles. The molecule has 3 rings (SSSR count). The summed E-state index contributed by atoms with van der Waals surface area (Å²) in [6.45, 7) is 8.79. The monoisotopic (exact) mass is 382 g/mol. The Hall–Kier alpha value is -2.46. The first kappa shape index (κ1) is 20.3. The molecule has 0 saturated heterocycles. The first-order valence-corrected chi connectivity index (χ1v) is 9.77. The van der Waals surface area contributed by atoms with Crippen molar-refractivity contribution in [1.82, 2.24) is 9.47 Å². The summed E-state index contributed by atoms with van der Waals surface area (Å²) in [6.07, 6.45) is 2.06. The van der Waals surface area contributed by atoms with Crippen LogP contribution in [0.3, 0.4) is 0 Å². The second-order valence-electron chi connectivity index (χ2n) is 7.88. The zero-order valence-electron chi connectivity index (χ0n) is 16.8. The van der Waals surface area contributed by atoms with Crippen molar-refractivity contribution >= 4 is 0 Å². The fraction of sp³-hybridized carbons (Fsp3) is 0.333. The number of halogens is 2. The summed E-state index contributed by atoms with van der Waals surface area (Å²) >= 11 is 0. The molecule has 0 amide bonds. The van der Waals surface area contributed by atoms with Gasteiger partial charge in [0.05, 0.1) is 0 Å². The third-order valence-corrected chi connectivity index (χ3v) is 4.81. The van der Waals surface area contributed by atoms with Crippen molar-refractivity contribution in [3.8, 4) is 0 Å². The minimum Gasteiger partial charge on any atom is -0.346 e. The predicted molar refractivity (Wildman–Crippen MR) is 110 cm³/mol. The third kappa shape index (κ3) is 5.29. The van der Waals surface area contributed by atoms with E-state index in [1.165, 1.54) is 29.3 Å². The van der Waals surface area contributed by atoms with Crippen molar-refractivity contribution in [2.45, 2.75) is 40.4 Å². The van der Waals surface area contributed by atoms with Crippen LogP contribution in [-0.2, 0) is 19.6 Å². The van der Waals surface area contributed by atoms with Gasteiger partial charge in [0.2, 0.25) is 0 Å². The highest BCUT2D eigenvalue weighted by Gasteiger charge is 2.16. The van der Waals surface area contributed by atoms with Crippen molar-refractivity contribution in [1.29, 1.82) is 0 Å². The SMILES string of the molecule is Cc1cccc(Cn2cccc2CN(Cc2c(F)cccc2F)CC(C)C)c1. The van der Waals surface area contributed by atoms with Crippen LogP contribution in [0.2, 0.25) is 0 Å².